The average Bonchev–Trinajstić information content (AvgIpc) is 2.80. The second-order valence-corrected chi connectivity index (χ2v) is 5.97. The van der Waals surface area contributed by atoms with Crippen molar-refractivity contribution in [2.45, 2.75) is 25.5 Å². The number of carbonyl (C=O) groups excluding carboxylic acids is 1. The zero-order valence-electron chi connectivity index (χ0n) is 13.4. The number of amides is 1. The van der Waals surface area contributed by atoms with E-state index in [1.807, 2.05) is 18.4 Å². The summed E-state index contributed by atoms with van der Waals surface area (Å²) in [6.45, 7) is 5.18. The Morgan fingerprint density at radius 2 is 2.13 bits per heavy atom. The molecule has 0 radical (unpaired) electrons. The minimum atomic E-state index is -0.445. The largest absolute Gasteiger partial charge is 0.383 e. The van der Waals surface area contributed by atoms with E-state index in [9.17, 15) is 9.18 Å². The van der Waals surface area contributed by atoms with Crippen LogP contribution in [0.1, 0.15) is 11.4 Å². The number of aromatic nitrogens is 2. The van der Waals surface area contributed by atoms with Gasteiger partial charge in [-0.05, 0) is 26.0 Å². The number of aryl methyl sites for hydroxylation is 1. The van der Waals surface area contributed by atoms with Crippen LogP contribution in [0.3, 0.4) is 0 Å². The maximum absolute atomic E-state index is 13.5. The van der Waals surface area contributed by atoms with Crippen LogP contribution in [-0.2, 0) is 16.1 Å². The molecule has 0 fully saturated rings. The zero-order valence-corrected chi connectivity index (χ0v) is 14.2. The predicted molar refractivity (Wildman–Crippen MR) is 89.3 cm³/mol. The van der Waals surface area contributed by atoms with E-state index in [1.54, 1.807) is 19.2 Å². The van der Waals surface area contributed by atoms with Gasteiger partial charge >= 0.3 is 0 Å². The van der Waals surface area contributed by atoms with Gasteiger partial charge in [0, 0.05) is 19.3 Å². The topological polar surface area (TPSA) is 56.1 Å². The molecular weight excluding hydrogens is 317 g/mol. The van der Waals surface area contributed by atoms with Crippen molar-refractivity contribution in [3.63, 3.8) is 0 Å². The number of rotatable bonds is 7. The fraction of sp³-hybridized carbons (Fsp3) is 0.375. The van der Waals surface area contributed by atoms with Gasteiger partial charge in [-0.3, -0.25) is 4.79 Å². The Bertz CT molecular complexity index is 688. The number of hydrogen-bond acceptors (Lipinski definition) is 4. The highest BCUT2D eigenvalue weighted by atomic mass is 32.2. The SMILES string of the molecule is COCCn1c(SCC(=O)Nc2ccccc2F)nc(C)c1C. The van der Waals surface area contributed by atoms with Crippen LogP contribution in [0.5, 0.6) is 0 Å². The number of benzene rings is 1. The van der Waals surface area contributed by atoms with Crippen molar-refractivity contribution >= 4 is 23.4 Å². The van der Waals surface area contributed by atoms with Crippen molar-refractivity contribution in [2.24, 2.45) is 0 Å². The van der Waals surface area contributed by atoms with Gasteiger partial charge in [0.1, 0.15) is 5.82 Å². The summed E-state index contributed by atoms with van der Waals surface area (Å²) < 4.78 is 20.7. The predicted octanol–water partition coefficient (Wildman–Crippen LogP) is 3.02. The second-order valence-electron chi connectivity index (χ2n) is 5.03. The molecule has 0 aliphatic carbocycles. The number of ether oxygens (including phenoxy) is 1. The Labute approximate surface area is 139 Å². The maximum atomic E-state index is 13.5. The molecule has 0 saturated heterocycles. The number of thioether (sulfide) groups is 1. The molecule has 0 spiro atoms. The molecule has 2 rings (SSSR count). The van der Waals surface area contributed by atoms with Crippen molar-refractivity contribution in [1.29, 1.82) is 0 Å². The summed E-state index contributed by atoms with van der Waals surface area (Å²) in [6.07, 6.45) is 0. The molecule has 23 heavy (non-hydrogen) atoms. The summed E-state index contributed by atoms with van der Waals surface area (Å²) in [7, 11) is 1.65. The number of nitrogens with one attached hydrogen (secondary N) is 1. The van der Waals surface area contributed by atoms with E-state index in [2.05, 4.69) is 10.3 Å². The van der Waals surface area contributed by atoms with Gasteiger partial charge in [0.2, 0.25) is 5.91 Å². The summed E-state index contributed by atoms with van der Waals surface area (Å²) in [4.78, 5) is 16.5. The normalized spacial score (nSPS) is 10.8. The lowest BCUT2D eigenvalue weighted by atomic mass is 10.3. The number of para-hydroxylation sites is 1. The number of halogens is 1. The Morgan fingerprint density at radius 1 is 1.39 bits per heavy atom. The van der Waals surface area contributed by atoms with Crippen molar-refractivity contribution in [2.75, 3.05) is 24.8 Å². The van der Waals surface area contributed by atoms with Gasteiger partial charge in [-0.1, -0.05) is 23.9 Å². The number of methoxy groups -OCH3 is 1. The van der Waals surface area contributed by atoms with Crippen molar-refractivity contribution in [1.82, 2.24) is 9.55 Å². The van der Waals surface area contributed by atoms with E-state index in [0.29, 0.717) is 13.2 Å². The highest BCUT2D eigenvalue weighted by molar-refractivity contribution is 7.99. The first-order chi connectivity index (χ1) is 11.0. The third-order valence-electron chi connectivity index (χ3n) is 3.42. The summed E-state index contributed by atoms with van der Waals surface area (Å²) in [5.74, 6) is -0.548. The Morgan fingerprint density at radius 3 is 2.83 bits per heavy atom. The van der Waals surface area contributed by atoms with Crippen LogP contribution in [-0.4, -0.2) is 34.9 Å². The first kappa shape index (κ1) is 17.5. The second kappa shape index (κ2) is 8.12. The van der Waals surface area contributed by atoms with Gasteiger partial charge in [0.15, 0.2) is 5.16 Å². The zero-order chi connectivity index (χ0) is 16.8. The van der Waals surface area contributed by atoms with Gasteiger partial charge in [-0.2, -0.15) is 0 Å². The van der Waals surface area contributed by atoms with E-state index < -0.39 is 5.82 Å². The van der Waals surface area contributed by atoms with E-state index in [-0.39, 0.29) is 17.3 Å². The standard InChI is InChI=1S/C16H20FN3O2S/c1-11-12(2)20(8-9-22-3)16(18-11)23-10-15(21)19-14-7-5-4-6-13(14)17/h4-7H,8-10H2,1-3H3,(H,19,21). The highest BCUT2D eigenvalue weighted by Crippen LogP contribution is 2.21. The Balaban J connectivity index is 1.99. The van der Waals surface area contributed by atoms with Crippen molar-refractivity contribution < 1.29 is 13.9 Å². The smallest absolute Gasteiger partial charge is 0.234 e. The molecule has 0 unspecified atom stereocenters. The molecular formula is C16H20FN3O2S. The molecule has 7 heteroatoms. The number of nitrogens with zero attached hydrogens (tertiary/aromatic N) is 2. The van der Waals surface area contributed by atoms with Crippen LogP contribution in [0.15, 0.2) is 29.4 Å². The number of anilines is 1. The van der Waals surface area contributed by atoms with E-state index >= 15 is 0 Å². The summed E-state index contributed by atoms with van der Waals surface area (Å²) in [5, 5.41) is 3.33. The Hall–Kier alpha value is -1.86. The lowest BCUT2D eigenvalue weighted by Crippen LogP contribution is -2.16. The third-order valence-corrected chi connectivity index (χ3v) is 4.40. The van der Waals surface area contributed by atoms with Gasteiger partial charge < -0.3 is 14.6 Å². The molecule has 5 nitrogen and oxygen atoms in total. The molecule has 1 heterocycles. The lowest BCUT2D eigenvalue weighted by molar-refractivity contribution is -0.113. The first-order valence-corrected chi connectivity index (χ1v) is 8.21. The van der Waals surface area contributed by atoms with Gasteiger partial charge in [0.05, 0.1) is 23.7 Å². The average molecular weight is 337 g/mol. The molecule has 0 aliphatic rings. The van der Waals surface area contributed by atoms with E-state index in [1.165, 1.54) is 23.9 Å². The fourth-order valence-corrected chi connectivity index (χ4v) is 2.98. The molecule has 1 aromatic heterocycles. The molecule has 1 N–H and O–H groups in total. The summed E-state index contributed by atoms with van der Waals surface area (Å²) >= 11 is 1.33. The Kier molecular flexibility index (Phi) is 6.18. The molecule has 0 aliphatic heterocycles. The van der Waals surface area contributed by atoms with Crippen LogP contribution in [0, 0.1) is 19.7 Å². The molecule has 1 aromatic carbocycles. The monoisotopic (exact) mass is 337 g/mol. The van der Waals surface area contributed by atoms with Crippen LogP contribution in [0.4, 0.5) is 10.1 Å². The number of hydrogen-bond donors (Lipinski definition) is 1. The minimum Gasteiger partial charge on any atom is -0.383 e. The quantitative estimate of drug-likeness (QED) is 0.789. The first-order valence-electron chi connectivity index (χ1n) is 7.22. The van der Waals surface area contributed by atoms with Gasteiger partial charge in [0.25, 0.3) is 0 Å². The number of carbonyl (C=O) groups is 1. The van der Waals surface area contributed by atoms with Crippen molar-refractivity contribution in [3.8, 4) is 0 Å². The van der Waals surface area contributed by atoms with Gasteiger partial charge in [-0.15, -0.1) is 0 Å². The third kappa shape index (κ3) is 4.56. The highest BCUT2D eigenvalue weighted by Gasteiger charge is 2.14. The molecule has 0 atom stereocenters. The summed E-state index contributed by atoms with van der Waals surface area (Å²) in [5.41, 5.74) is 2.17. The van der Waals surface area contributed by atoms with Crippen LogP contribution < -0.4 is 5.32 Å². The summed E-state index contributed by atoms with van der Waals surface area (Å²) in [6, 6.07) is 6.10. The molecule has 124 valence electrons. The van der Waals surface area contributed by atoms with Gasteiger partial charge in [-0.25, -0.2) is 9.37 Å². The van der Waals surface area contributed by atoms with E-state index in [4.69, 9.17) is 4.74 Å². The number of imidazole rings is 1. The maximum Gasteiger partial charge on any atom is 0.234 e. The van der Waals surface area contributed by atoms with Crippen molar-refractivity contribution in [3.05, 3.63) is 41.5 Å². The van der Waals surface area contributed by atoms with Crippen LogP contribution in [0.25, 0.3) is 0 Å². The van der Waals surface area contributed by atoms with E-state index in [0.717, 1.165) is 16.5 Å². The van der Waals surface area contributed by atoms with Crippen LogP contribution in [0.2, 0.25) is 0 Å². The molecule has 1 amide bonds. The fourth-order valence-electron chi connectivity index (χ4n) is 2.06. The molecule has 2 aromatic rings. The van der Waals surface area contributed by atoms with Crippen LogP contribution >= 0.6 is 11.8 Å². The molecule has 0 bridgehead atoms. The lowest BCUT2D eigenvalue weighted by Gasteiger charge is -2.09. The molecule has 0 saturated carbocycles. The minimum absolute atomic E-state index is 0.164.